The van der Waals surface area contributed by atoms with E-state index in [1.807, 2.05) is 11.4 Å². The average Bonchev–Trinajstić information content (AvgIpc) is 3.28. The van der Waals surface area contributed by atoms with Gasteiger partial charge >= 0.3 is 0 Å². The summed E-state index contributed by atoms with van der Waals surface area (Å²) in [6, 6.07) is 2.19. The summed E-state index contributed by atoms with van der Waals surface area (Å²) in [7, 11) is 0. The zero-order valence-electron chi connectivity index (χ0n) is 15.5. The maximum Gasteiger partial charge on any atom is 0.254 e. The number of piperazine rings is 1. The second kappa shape index (κ2) is 6.12. The molecule has 1 fully saturated rings. The summed E-state index contributed by atoms with van der Waals surface area (Å²) < 4.78 is 1.85. The molecular formula is C18H20N8S. The number of aryl methyl sites for hydroxylation is 2. The van der Waals surface area contributed by atoms with E-state index in [-0.39, 0.29) is 0 Å². The average molecular weight is 380 g/mol. The highest BCUT2D eigenvalue weighted by molar-refractivity contribution is 7.18. The van der Waals surface area contributed by atoms with Crippen molar-refractivity contribution in [1.82, 2.24) is 29.5 Å². The molecule has 5 heterocycles. The third-order valence-corrected chi connectivity index (χ3v) is 6.15. The van der Waals surface area contributed by atoms with Gasteiger partial charge in [0.2, 0.25) is 0 Å². The molecular weight excluding hydrogens is 360 g/mol. The molecule has 1 aliphatic rings. The predicted molar refractivity (Wildman–Crippen MR) is 107 cm³/mol. The van der Waals surface area contributed by atoms with E-state index in [0.717, 1.165) is 59.3 Å². The van der Waals surface area contributed by atoms with Crippen LogP contribution in [0.1, 0.15) is 16.1 Å². The van der Waals surface area contributed by atoms with Crippen LogP contribution in [0.5, 0.6) is 0 Å². The number of hydrogen-bond acceptors (Lipinski definition) is 8. The van der Waals surface area contributed by atoms with Crippen molar-refractivity contribution >= 4 is 39.0 Å². The maximum absolute atomic E-state index is 4.58. The molecule has 0 N–H and O–H groups in total. The predicted octanol–water partition coefficient (Wildman–Crippen LogP) is 2.38. The van der Waals surface area contributed by atoms with E-state index in [1.54, 1.807) is 24.0 Å². The quantitative estimate of drug-likeness (QED) is 0.528. The third kappa shape index (κ3) is 2.61. The molecule has 0 spiro atoms. The second-order valence-corrected chi connectivity index (χ2v) is 8.10. The van der Waals surface area contributed by atoms with E-state index >= 15 is 0 Å². The summed E-state index contributed by atoms with van der Waals surface area (Å²) in [6.45, 7) is 9.84. The van der Waals surface area contributed by atoms with Gasteiger partial charge in [-0.1, -0.05) is 0 Å². The summed E-state index contributed by atoms with van der Waals surface area (Å²) in [6.07, 6.45) is 3.24. The van der Waals surface area contributed by atoms with Crippen LogP contribution in [-0.2, 0) is 0 Å². The van der Waals surface area contributed by atoms with E-state index in [4.69, 9.17) is 0 Å². The molecule has 0 atom stereocenters. The molecule has 1 aliphatic heterocycles. The van der Waals surface area contributed by atoms with Gasteiger partial charge in [-0.2, -0.15) is 14.6 Å². The van der Waals surface area contributed by atoms with Crippen molar-refractivity contribution < 1.29 is 0 Å². The van der Waals surface area contributed by atoms with Crippen LogP contribution in [0.25, 0.3) is 16.0 Å². The first kappa shape index (κ1) is 16.4. The molecule has 0 aromatic carbocycles. The molecule has 0 saturated carbocycles. The van der Waals surface area contributed by atoms with Gasteiger partial charge < -0.3 is 9.80 Å². The standard InChI is InChI=1S/C18H20N8S/c1-11-8-14-15(19-9-20-16(14)27-11)24-4-6-25(7-5-24)17-12(2)13(3)23-18-21-10-22-26(17)18/h8-10H,4-7H2,1-3H3. The van der Waals surface area contributed by atoms with Gasteiger partial charge in [0.1, 0.15) is 29.1 Å². The van der Waals surface area contributed by atoms with E-state index < -0.39 is 0 Å². The number of hydrogen-bond donors (Lipinski definition) is 0. The molecule has 0 bridgehead atoms. The fraction of sp³-hybridized carbons (Fsp3) is 0.389. The molecule has 1 saturated heterocycles. The van der Waals surface area contributed by atoms with Crippen molar-refractivity contribution in [1.29, 1.82) is 0 Å². The number of thiophene rings is 1. The fourth-order valence-electron chi connectivity index (χ4n) is 3.73. The lowest BCUT2D eigenvalue weighted by Crippen LogP contribution is -2.47. The normalized spacial score (nSPS) is 15.2. The summed E-state index contributed by atoms with van der Waals surface area (Å²) in [4.78, 5) is 24.8. The smallest absolute Gasteiger partial charge is 0.254 e. The van der Waals surface area contributed by atoms with Gasteiger partial charge in [-0.15, -0.1) is 11.3 Å². The number of nitrogens with zero attached hydrogens (tertiary/aromatic N) is 8. The lowest BCUT2D eigenvalue weighted by molar-refractivity contribution is 0.632. The van der Waals surface area contributed by atoms with Gasteiger partial charge in [-0.3, -0.25) is 0 Å². The number of fused-ring (bicyclic) bond motifs is 2. The van der Waals surface area contributed by atoms with E-state index in [0.29, 0.717) is 5.78 Å². The monoisotopic (exact) mass is 380 g/mol. The minimum Gasteiger partial charge on any atom is -0.353 e. The molecule has 5 rings (SSSR count). The van der Waals surface area contributed by atoms with Crippen LogP contribution in [-0.4, -0.2) is 55.7 Å². The Kier molecular flexibility index (Phi) is 3.71. The minimum absolute atomic E-state index is 0.654. The van der Waals surface area contributed by atoms with Crippen LogP contribution in [0.3, 0.4) is 0 Å². The minimum atomic E-state index is 0.654. The van der Waals surface area contributed by atoms with Gasteiger partial charge in [0.05, 0.1) is 5.39 Å². The molecule has 0 unspecified atom stereocenters. The fourth-order valence-corrected chi connectivity index (χ4v) is 4.57. The molecule has 0 radical (unpaired) electrons. The highest BCUT2D eigenvalue weighted by atomic mass is 32.1. The lowest BCUT2D eigenvalue weighted by Gasteiger charge is -2.37. The number of anilines is 2. The maximum atomic E-state index is 4.58. The Hall–Kier alpha value is -2.81. The first-order valence-corrected chi connectivity index (χ1v) is 9.81. The van der Waals surface area contributed by atoms with E-state index in [1.165, 1.54) is 4.88 Å². The van der Waals surface area contributed by atoms with Crippen molar-refractivity contribution in [2.24, 2.45) is 0 Å². The van der Waals surface area contributed by atoms with Crippen LogP contribution in [0, 0.1) is 20.8 Å². The molecule has 4 aromatic rings. The van der Waals surface area contributed by atoms with Crippen LogP contribution in [0.2, 0.25) is 0 Å². The van der Waals surface area contributed by atoms with E-state index in [9.17, 15) is 0 Å². The van der Waals surface area contributed by atoms with Crippen LogP contribution >= 0.6 is 11.3 Å². The first-order valence-electron chi connectivity index (χ1n) is 9.00. The van der Waals surface area contributed by atoms with E-state index in [2.05, 4.69) is 54.7 Å². The number of aromatic nitrogens is 6. The summed E-state index contributed by atoms with van der Waals surface area (Å²) in [5.41, 5.74) is 2.15. The lowest BCUT2D eigenvalue weighted by atomic mass is 10.2. The van der Waals surface area contributed by atoms with Crippen LogP contribution in [0.4, 0.5) is 11.6 Å². The van der Waals surface area contributed by atoms with Crippen LogP contribution < -0.4 is 9.80 Å². The Morgan fingerprint density at radius 1 is 0.926 bits per heavy atom. The van der Waals surface area contributed by atoms with Gasteiger partial charge in [0.15, 0.2) is 0 Å². The summed E-state index contributed by atoms with van der Waals surface area (Å²) >= 11 is 1.72. The van der Waals surface area contributed by atoms with Crippen molar-refractivity contribution in [2.75, 3.05) is 36.0 Å². The Morgan fingerprint density at radius 3 is 2.52 bits per heavy atom. The molecule has 27 heavy (non-hydrogen) atoms. The topological polar surface area (TPSA) is 75.3 Å². The number of rotatable bonds is 2. The SMILES string of the molecule is Cc1cc2c(N3CCN(c4c(C)c(C)nc5ncnn45)CC3)ncnc2s1. The van der Waals surface area contributed by atoms with Gasteiger partial charge in [-0.25, -0.2) is 15.0 Å². The molecule has 138 valence electrons. The molecule has 0 aliphatic carbocycles. The zero-order valence-corrected chi connectivity index (χ0v) is 16.4. The third-order valence-electron chi connectivity index (χ3n) is 5.19. The largest absolute Gasteiger partial charge is 0.353 e. The van der Waals surface area contributed by atoms with Gasteiger partial charge in [0, 0.05) is 42.3 Å². The van der Waals surface area contributed by atoms with Gasteiger partial charge in [-0.05, 0) is 26.8 Å². The second-order valence-electron chi connectivity index (χ2n) is 6.86. The van der Waals surface area contributed by atoms with Crippen molar-refractivity contribution in [3.8, 4) is 0 Å². The van der Waals surface area contributed by atoms with Crippen LogP contribution in [0.15, 0.2) is 18.7 Å². The molecule has 9 heteroatoms. The van der Waals surface area contributed by atoms with Crippen molar-refractivity contribution in [3.05, 3.63) is 34.9 Å². The molecule has 4 aromatic heterocycles. The molecule has 0 amide bonds. The Balaban J connectivity index is 1.45. The zero-order chi connectivity index (χ0) is 18.5. The first-order chi connectivity index (χ1) is 13.1. The van der Waals surface area contributed by atoms with Gasteiger partial charge in [0.25, 0.3) is 5.78 Å². The Bertz CT molecular complexity index is 1140. The van der Waals surface area contributed by atoms with Crippen molar-refractivity contribution in [2.45, 2.75) is 20.8 Å². The van der Waals surface area contributed by atoms with Crippen molar-refractivity contribution in [3.63, 3.8) is 0 Å². The summed E-state index contributed by atoms with van der Waals surface area (Å²) in [5.74, 6) is 2.79. The molecule has 8 nitrogen and oxygen atoms in total. The highest BCUT2D eigenvalue weighted by Gasteiger charge is 2.24. The Morgan fingerprint density at radius 2 is 1.70 bits per heavy atom. The Labute approximate surface area is 160 Å². The summed E-state index contributed by atoms with van der Waals surface area (Å²) in [5, 5.41) is 5.54. The highest BCUT2D eigenvalue weighted by Crippen LogP contribution is 2.31.